The molecular formula is C12H20O. The number of Topliss-reactive ketones (excluding diaryl/α,β-unsaturated/α-hetero) is 1. The summed E-state index contributed by atoms with van der Waals surface area (Å²) in [6.45, 7) is 9.02. The summed E-state index contributed by atoms with van der Waals surface area (Å²) in [4.78, 5) is 11.9. The van der Waals surface area contributed by atoms with E-state index in [-0.39, 0.29) is 10.8 Å². The highest BCUT2D eigenvalue weighted by atomic mass is 16.1. The Morgan fingerprint density at radius 2 is 1.85 bits per heavy atom. The van der Waals surface area contributed by atoms with Crippen molar-refractivity contribution < 1.29 is 4.79 Å². The van der Waals surface area contributed by atoms with Crippen LogP contribution in [0, 0.1) is 16.2 Å². The Hall–Kier alpha value is -0.330. The number of hydrogen-bond donors (Lipinski definition) is 0. The lowest BCUT2D eigenvalue weighted by molar-refractivity contribution is -0.128. The highest BCUT2D eigenvalue weighted by molar-refractivity contribution is 5.90. The Balaban J connectivity index is 2.53. The van der Waals surface area contributed by atoms with Crippen molar-refractivity contribution >= 4 is 5.78 Å². The van der Waals surface area contributed by atoms with Gasteiger partial charge in [-0.3, -0.25) is 4.79 Å². The standard InChI is InChI=1S/C12H20O/c1-5-12-7-6-11(4,9(13)8-12)10(12,2)3/h5-8H2,1-4H3/t11-,12+/m1/s1. The fraction of sp³-hybridized carbons (Fsp3) is 0.917. The van der Waals surface area contributed by atoms with E-state index in [0.29, 0.717) is 11.2 Å². The van der Waals surface area contributed by atoms with Gasteiger partial charge in [0.25, 0.3) is 0 Å². The Kier molecular flexibility index (Phi) is 1.55. The zero-order valence-corrected chi connectivity index (χ0v) is 9.24. The van der Waals surface area contributed by atoms with Crippen molar-refractivity contribution in [3.8, 4) is 0 Å². The van der Waals surface area contributed by atoms with Crippen molar-refractivity contribution in [1.29, 1.82) is 0 Å². The maximum atomic E-state index is 11.9. The lowest BCUT2D eigenvalue weighted by Crippen LogP contribution is -2.35. The first-order valence-corrected chi connectivity index (χ1v) is 5.43. The highest BCUT2D eigenvalue weighted by Gasteiger charge is 2.68. The molecule has 0 saturated heterocycles. The number of hydrogen-bond acceptors (Lipinski definition) is 1. The van der Waals surface area contributed by atoms with E-state index in [9.17, 15) is 4.79 Å². The van der Waals surface area contributed by atoms with E-state index in [0.717, 1.165) is 12.8 Å². The van der Waals surface area contributed by atoms with Gasteiger partial charge in [-0.15, -0.1) is 0 Å². The molecule has 13 heavy (non-hydrogen) atoms. The van der Waals surface area contributed by atoms with Gasteiger partial charge < -0.3 is 0 Å². The topological polar surface area (TPSA) is 17.1 Å². The van der Waals surface area contributed by atoms with Crippen LogP contribution in [0.3, 0.4) is 0 Å². The SMILES string of the molecule is CC[C@]12CC[C@](C)(C(=O)C1)C2(C)C. The third-order valence-electron chi connectivity index (χ3n) is 5.60. The molecule has 2 aliphatic rings. The number of fused-ring (bicyclic) bond motifs is 2. The van der Waals surface area contributed by atoms with Gasteiger partial charge in [0.1, 0.15) is 5.78 Å². The fourth-order valence-corrected chi connectivity index (χ4v) is 3.74. The van der Waals surface area contributed by atoms with Crippen LogP contribution >= 0.6 is 0 Å². The van der Waals surface area contributed by atoms with Gasteiger partial charge in [-0.1, -0.05) is 27.7 Å². The van der Waals surface area contributed by atoms with E-state index < -0.39 is 0 Å². The first-order chi connectivity index (χ1) is 5.90. The summed E-state index contributed by atoms with van der Waals surface area (Å²) >= 11 is 0. The van der Waals surface area contributed by atoms with Gasteiger partial charge in [-0.25, -0.2) is 0 Å². The third-order valence-corrected chi connectivity index (χ3v) is 5.60. The summed E-state index contributed by atoms with van der Waals surface area (Å²) in [6.07, 6.45) is 4.39. The summed E-state index contributed by atoms with van der Waals surface area (Å²) in [5.74, 6) is 0.519. The van der Waals surface area contributed by atoms with Crippen LogP contribution in [0.15, 0.2) is 0 Å². The lowest BCUT2D eigenvalue weighted by atomic mass is 9.64. The fourth-order valence-electron chi connectivity index (χ4n) is 3.74. The van der Waals surface area contributed by atoms with Gasteiger partial charge >= 0.3 is 0 Å². The Bertz CT molecular complexity index is 266. The monoisotopic (exact) mass is 180 g/mol. The van der Waals surface area contributed by atoms with Gasteiger partial charge in [0, 0.05) is 11.8 Å². The second kappa shape index (κ2) is 2.18. The smallest absolute Gasteiger partial charge is 0.139 e. The summed E-state index contributed by atoms with van der Waals surface area (Å²) < 4.78 is 0. The van der Waals surface area contributed by atoms with E-state index >= 15 is 0 Å². The quantitative estimate of drug-likeness (QED) is 0.605. The van der Waals surface area contributed by atoms with Gasteiger partial charge in [0.15, 0.2) is 0 Å². The first-order valence-electron chi connectivity index (χ1n) is 5.43. The minimum atomic E-state index is -0.0109. The molecule has 2 fully saturated rings. The van der Waals surface area contributed by atoms with Crippen molar-refractivity contribution in [3.63, 3.8) is 0 Å². The largest absolute Gasteiger partial charge is 0.299 e. The van der Waals surface area contributed by atoms with Crippen molar-refractivity contribution in [2.75, 3.05) is 0 Å². The highest BCUT2D eigenvalue weighted by Crippen LogP contribution is 2.71. The van der Waals surface area contributed by atoms with E-state index in [1.165, 1.54) is 12.8 Å². The molecule has 74 valence electrons. The summed E-state index contributed by atoms with van der Waals surface area (Å²) in [7, 11) is 0. The van der Waals surface area contributed by atoms with Gasteiger partial charge in [0.2, 0.25) is 0 Å². The molecule has 0 amide bonds. The van der Waals surface area contributed by atoms with Crippen LogP contribution in [0.25, 0.3) is 0 Å². The molecule has 2 rings (SSSR count). The molecule has 1 nitrogen and oxygen atoms in total. The van der Waals surface area contributed by atoms with Crippen molar-refractivity contribution in [2.45, 2.75) is 53.4 Å². The van der Waals surface area contributed by atoms with Gasteiger partial charge in [0.05, 0.1) is 0 Å². The summed E-state index contributed by atoms with van der Waals surface area (Å²) in [6, 6.07) is 0. The predicted molar refractivity (Wildman–Crippen MR) is 53.5 cm³/mol. The molecule has 0 aromatic carbocycles. The van der Waals surface area contributed by atoms with Crippen molar-refractivity contribution in [3.05, 3.63) is 0 Å². The third kappa shape index (κ3) is 0.730. The molecule has 0 aromatic heterocycles. The molecule has 2 atom stereocenters. The summed E-state index contributed by atoms with van der Waals surface area (Å²) in [5, 5.41) is 0. The first kappa shape index (κ1) is 9.23. The van der Waals surface area contributed by atoms with Crippen LogP contribution < -0.4 is 0 Å². The maximum absolute atomic E-state index is 11.9. The molecule has 0 radical (unpaired) electrons. The minimum absolute atomic E-state index is 0.0109. The van der Waals surface area contributed by atoms with Crippen molar-refractivity contribution in [2.24, 2.45) is 16.2 Å². The van der Waals surface area contributed by atoms with Crippen LogP contribution in [0.2, 0.25) is 0 Å². The minimum Gasteiger partial charge on any atom is -0.299 e. The molecule has 2 bridgehead atoms. The normalized spacial score (nSPS) is 47.2. The molecule has 0 unspecified atom stereocenters. The molecule has 1 heteroatoms. The lowest BCUT2D eigenvalue weighted by Gasteiger charge is -2.39. The average molecular weight is 180 g/mol. The number of rotatable bonds is 1. The van der Waals surface area contributed by atoms with E-state index in [4.69, 9.17) is 0 Å². The van der Waals surface area contributed by atoms with Crippen LogP contribution in [-0.4, -0.2) is 5.78 Å². The second-order valence-corrected chi connectivity index (χ2v) is 5.69. The Morgan fingerprint density at radius 1 is 1.23 bits per heavy atom. The van der Waals surface area contributed by atoms with Crippen molar-refractivity contribution in [1.82, 2.24) is 0 Å². The molecule has 0 aromatic rings. The van der Waals surface area contributed by atoms with Crippen LogP contribution in [-0.2, 0) is 4.79 Å². The maximum Gasteiger partial charge on any atom is 0.139 e. The molecule has 2 aliphatic carbocycles. The zero-order chi connectivity index (χ0) is 9.91. The van der Waals surface area contributed by atoms with Gasteiger partial charge in [-0.05, 0) is 30.1 Å². The zero-order valence-electron chi connectivity index (χ0n) is 9.24. The van der Waals surface area contributed by atoms with E-state index in [1.54, 1.807) is 0 Å². The number of carbonyl (C=O) groups excluding carboxylic acids is 1. The van der Waals surface area contributed by atoms with E-state index in [1.807, 2.05) is 0 Å². The van der Waals surface area contributed by atoms with Crippen LogP contribution in [0.1, 0.15) is 53.4 Å². The Labute approximate surface area is 80.9 Å². The molecule has 0 aliphatic heterocycles. The Morgan fingerprint density at radius 3 is 2.08 bits per heavy atom. The molecule has 0 heterocycles. The molecular weight excluding hydrogens is 160 g/mol. The molecule has 2 saturated carbocycles. The van der Waals surface area contributed by atoms with Gasteiger partial charge in [-0.2, -0.15) is 0 Å². The van der Waals surface area contributed by atoms with Crippen LogP contribution in [0.4, 0.5) is 0 Å². The van der Waals surface area contributed by atoms with Crippen LogP contribution in [0.5, 0.6) is 0 Å². The number of carbonyl (C=O) groups is 1. The van der Waals surface area contributed by atoms with E-state index in [2.05, 4.69) is 27.7 Å². The average Bonchev–Trinajstić information content (AvgIpc) is 2.34. The molecule has 0 spiro atoms. The number of ketones is 1. The molecule has 0 N–H and O–H groups in total. The predicted octanol–water partition coefficient (Wildman–Crippen LogP) is 3.18. The summed E-state index contributed by atoms with van der Waals surface area (Å²) in [5.41, 5.74) is 0.549. The second-order valence-electron chi connectivity index (χ2n) is 5.69.